The van der Waals surface area contributed by atoms with E-state index < -0.39 is 5.60 Å². The first-order valence-corrected chi connectivity index (χ1v) is 7.12. The highest BCUT2D eigenvalue weighted by molar-refractivity contribution is 5.68. The highest BCUT2D eigenvalue weighted by atomic mass is 16.6. The van der Waals surface area contributed by atoms with Crippen molar-refractivity contribution in [1.29, 1.82) is 0 Å². The summed E-state index contributed by atoms with van der Waals surface area (Å²) in [6, 6.07) is 0.110. The van der Waals surface area contributed by atoms with E-state index in [2.05, 4.69) is 21.8 Å². The molecule has 1 unspecified atom stereocenters. The summed E-state index contributed by atoms with van der Waals surface area (Å²) in [4.78, 5) is 18.1. The van der Waals surface area contributed by atoms with Gasteiger partial charge in [-0.15, -0.1) is 0 Å². The van der Waals surface area contributed by atoms with Crippen molar-refractivity contribution in [2.75, 3.05) is 19.6 Å². The number of hydrogen-bond donors (Lipinski definition) is 1. The van der Waals surface area contributed by atoms with Crippen molar-refractivity contribution < 1.29 is 9.53 Å². The van der Waals surface area contributed by atoms with Crippen LogP contribution in [0.25, 0.3) is 0 Å². The Balaban J connectivity index is 2.03. The van der Waals surface area contributed by atoms with Crippen molar-refractivity contribution in [2.24, 2.45) is 0 Å². The Kier molecular flexibility index (Phi) is 4.32. The lowest BCUT2D eigenvalue weighted by molar-refractivity contribution is 0.0192. The first-order valence-electron chi connectivity index (χ1n) is 7.12. The quantitative estimate of drug-likeness (QED) is 0.897. The minimum Gasteiger partial charge on any atom is -0.444 e. The van der Waals surface area contributed by atoms with Crippen molar-refractivity contribution in [2.45, 2.75) is 45.9 Å². The van der Waals surface area contributed by atoms with E-state index in [4.69, 9.17) is 4.74 Å². The van der Waals surface area contributed by atoms with Crippen molar-refractivity contribution in [3.8, 4) is 0 Å². The first kappa shape index (κ1) is 14.8. The molecule has 1 atom stereocenters. The Bertz CT molecular complexity index is 464. The second-order valence-corrected chi connectivity index (χ2v) is 6.04. The predicted octanol–water partition coefficient (Wildman–Crippen LogP) is 1.78. The maximum atomic E-state index is 12.1. The average Bonchev–Trinajstić information content (AvgIpc) is 2.85. The van der Waals surface area contributed by atoms with E-state index in [0.29, 0.717) is 13.1 Å². The summed E-state index contributed by atoms with van der Waals surface area (Å²) >= 11 is 0. The van der Waals surface area contributed by atoms with Gasteiger partial charge in [0.15, 0.2) is 0 Å². The fourth-order valence-electron chi connectivity index (χ4n) is 2.33. The summed E-state index contributed by atoms with van der Waals surface area (Å²) in [5.74, 6) is 0. The lowest BCUT2D eigenvalue weighted by atomic mass is 10.1. The fraction of sp³-hybridized carbons (Fsp3) is 0.714. The molecule has 6 heteroatoms. The first-order chi connectivity index (χ1) is 9.40. The van der Waals surface area contributed by atoms with E-state index in [1.165, 1.54) is 0 Å². The molecule has 0 aromatic carbocycles. The van der Waals surface area contributed by atoms with E-state index >= 15 is 0 Å². The van der Waals surface area contributed by atoms with E-state index in [9.17, 15) is 4.79 Å². The number of carbonyl (C=O) groups is 1. The van der Waals surface area contributed by atoms with Crippen molar-refractivity contribution >= 4 is 6.09 Å². The van der Waals surface area contributed by atoms with E-state index in [1.54, 1.807) is 4.90 Å². The molecule has 2 heterocycles. The van der Waals surface area contributed by atoms with Crippen LogP contribution in [-0.2, 0) is 11.3 Å². The third-order valence-electron chi connectivity index (χ3n) is 3.27. The number of rotatable bonds is 2. The zero-order valence-corrected chi connectivity index (χ0v) is 12.7. The topological polar surface area (TPSA) is 59.4 Å². The zero-order chi connectivity index (χ0) is 14.8. The van der Waals surface area contributed by atoms with Gasteiger partial charge in [-0.05, 0) is 27.7 Å². The molecule has 0 bridgehead atoms. The number of amides is 1. The summed E-state index contributed by atoms with van der Waals surface area (Å²) in [6.45, 7) is 10.7. The maximum absolute atomic E-state index is 12.1. The summed E-state index contributed by atoms with van der Waals surface area (Å²) in [7, 11) is 0. The van der Waals surface area contributed by atoms with Gasteiger partial charge in [-0.1, -0.05) is 0 Å². The van der Waals surface area contributed by atoms with Crippen LogP contribution in [0.1, 0.15) is 39.4 Å². The van der Waals surface area contributed by atoms with Crippen molar-refractivity contribution in [3.63, 3.8) is 0 Å². The number of hydrogen-bond acceptors (Lipinski definition) is 4. The van der Waals surface area contributed by atoms with Crippen LogP contribution in [0.4, 0.5) is 4.79 Å². The van der Waals surface area contributed by atoms with Crippen LogP contribution in [0.3, 0.4) is 0 Å². The number of aromatic nitrogens is 2. The lowest BCUT2D eigenvalue weighted by Crippen LogP contribution is -2.50. The smallest absolute Gasteiger partial charge is 0.410 e. The lowest BCUT2D eigenvalue weighted by Gasteiger charge is -2.35. The van der Waals surface area contributed by atoms with E-state index in [1.807, 2.05) is 33.3 Å². The largest absolute Gasteiger partial charge is 0.444 e. The van der Waals surface area contributed by atoms with Crippen LogP contribution in [0.15, 0.2) is 12.5 Å². The molecule has 0 aliphatic carbocycles. The maximum Gasteiger partial charge on any atom is 0.410 e. The van der Waals surface area contributed by atoms with Crippen LogP contribution < -0.4 is 5.32 Å². The third kappa shape index (κ3) is 3.50. The monoisotopic (exact) mass is 280 g/mol. The predicted molar refractivity (Wildman–Crippen MR) is 76.5 cm³/mol. The molecule has 112 valence electrons. The van der Waals surface area contributed by atoms with Gasteiger partial charge in [0.2, 0.25) is 0 Å². The zero-order valence-electron chi connectivity index (χ0n) is 12.7. The SMILES string of the molecule is CCn1cncc1C1CN(C(=O)OC(C)(C)C)CCN1. The third-order valence-corrected chi connectivity index (χ3v) is 3.27. The molecule has 2 rings (SSSR count). The van der Waals surface area contributed by atoms with Gasteiger partial charge in [-0.3, -0.25) is 0 Å². The number of ether oxygens (including phenoxy) is 1. The molecule has 1 fully saturated rings. The highest BCUT2D eigenvalue weighted by Gasteiger charge is 2.29. The molecule has 1 aliphatic heterocycles. The van der Waals surface area contributed by atoms with E-state index in [0.717, 1.165) is 18.8 Å². The molecule has 1 aliphatic rings. The summed E-state index contributed by atoms with van der Waals surface area (Å²) in [6.07, 6.45) is 3.44. The Labute approximate surface area is 120 Å². The Morgan fingerprint density at radius 3 is 2.95 bits per heavy atom. The molecule has 6 nitrogen and oxygen atoms in total. The summed E-state index contributed by atoms with van der Waals surface area (Å²) < 4.78 is 7.53. The van der Waals surface area contributed by atoms with Gasteiger partial charge < -0.3 is 19.5 Å². The van der Waals surface area contributed by atoms with Gasteiger partial charge in [-0.2, -0.15) is 0 Å². The standard InChI is InChI=1S/C14H24N4O2/c1-5-17-10-15-8-12(17)11-9-18(7-6-16-11)13(19)20-14(2,3)4/h8,10-11,16H,5-7,9H2,1-4H3. The molecule has 1 aromatic heterocycles. The van der Waals surface area contributed by atoms with Gasteiger partial charge in [0.25, 0.3) is 0 Å². The van der Waals surface area contributed by atoms with Gasteiger partial charge in [0, 0.05) is 32.4 Å². The van der Waals surface area contributed by atoms with Crippen molar-refractivity contribution in [1.82, 2.24) is 19.8 Å². The molecule has 1 amide bonds. The van der Waals surface area contributed by atoms with Gasteiger partial charge in [-0.25, -0.2) is 9.78 Å². The molecule has 0 radical (unpaired) electrons. The fourth-order valence-corrected chi connectivity index (χ4v) is 2.33. The van der Waals surface area contributed by atoms with Crippen LogP contribution in [-0.4, -0.2) is 45.8 Å². The minimum atomic E-state index is -0.456. The van der Waals surface area contributed by atoms with Gasteiger partial charge in [0.1, 0.15) is 5.60 Å². The van der Waals surface area contributed by atoms with Gasteiger partial charge in [0.05, 0.1) is 18.1 Å². The number of carbonyl (C=O) groups excluding carboxylic acids is 1. The second kappa shape index (κ2) is 5.83. The molecular formula is C14H24N4O2. The number of nitrogens with one attached hydrogen (secondary N) is 1. The number of nitrogens with zero attached hydrogens (tertiary/aromatic N) is 3. The Morgan fingerprint density at radius 1 is 1.55 bits per heavy atom. The minimum absolute atomic E-state index is 0.110. The molecule has 1 aromatic rings. The Morgan fingerprint density at radius 2 is 2.30 bits per heavy atom. The Hall–Kier alpha value is -1.56. The molecule has 1 saturated heterocycles. The highest BCUT2D eigenvalue weighted by Crippen LogP contribution is 2.19. The van der Waals surface area contributed by atoms with Gasteiger partial charge >= 0.3 is 6.09 Å². The van der Waals surface area contributed by atoms with Crippen LogP contribution in [0, 0.1) is 0 Å². The summed E-state index contributed by atoms with van der Waals surface area (Å²) in [5, 5.41) is 3.43. The summed E-state index contributed by atoms with van der Waals surface area (Å²) in [5.41, 5.74) is 0.656. The molecule has 1 N–H and O–H groups in total. The number of piperazine rings is 1. The van der Waals surface area contributed by atoms with Crippen LogP contribution in [0.5, 0.6) is 0 Å². The normalized spacial score (nSPS) is 20.0. The van der Waals surface area contributed by atoms with Crippen LogP contribution >= 0.6 is 0 Å². The molecule has 0 spiro atoms. The second-order valence-electron chi connectivity index (χ2n) is 6.04. The molecule has 0 saturated carbocycles. The van der Waals surface area contributed by atoms with E-state index in [-0.39, 0.29) is 12.1 Å². The average molecular weight is 280 g/mol. The van der Waals surface area contributed by atoms with Crippen LogP contribution in [0.2, 0.25) is 0 Å². The number of imidazole rings is 1. The van der Waals surface area contributed by atoms with Crippen molar-refractivity contribution in [3.05, 3.63) is 18.2 Å². The molecular weight excluding hydrogens is 256 g/mol. The number of aryl methyl sites for hydroxylation is 1. The molecule has 20 heavy (non-hydrogen) atoms.